The lowest BCUT2D eigenvalue weighted by molar-refractivity contribution is 0.0352. The first-order valence-corrected chi connectivity index (χ1v) is 11.6. The number of nitrogens with zero attached hydrogens (tertiary/aromatic N) is 3. The van der Waals surface area contributed by atoms with Crippen molar-refractivity contribution < 1.29 is 23.9 Å². The van der Waals surface area contributed by atoms with Crippen LogP contribution in [0.3, 0.4) is 0 Å². The van der Waals surface area contributed by atoms with Gasteiger partial charge in [-0.1, -0.05) is 13.3 Å². The minimum absolute atomic E-state index is 0.322. The smallest absolute Gasteiger partial charge is 0.261 e. The molecule has 0 radical (unpaired) electrons. The van der Waals surface area contributed by atoms with Crippen LogP contribution in [0.4, 0.5) is 0 Å². The number of rotatable bonds is 7. The fourth-order valence-corrected chi connectivity index (χ4v) is 4.97. The number of morpholine rings is 1. The predicted molar refractivity (Wildman–Crippen MR) is 121 cm³/mol. The standard InChI is InChI=1S/C25H27N3O5/c1-2-3-10-27-22(29)16-5-7-18-21-19(8-6-17(20(16)21)23(27)30)25(32)28(24(18)31)11-4-9-26-12-14-33-15-13-26/h5-8H,2-4,9-15H2,1H3. The number of benzene rings is 2. The monoisotopic (exact) mass is 449 g/mol. The number of imide groups is 2. The molecule has 172 valence electrons. The third-order valence-corrected chi connectivity index (χ3v) is 6.76. The van der Waals surface area contributed by atoms with Gasteiger partial charge in [0.15, 0.2) is 0 Å². The molecule has 0 aliphatic carbocycles. The summed E-state index contributed by atoms with van der Waals surface area (Å²) < 4.78 is 5.36. The van der Waals surface area contributed by atoms with Crippen LogP contribution in [0.1, 0.15) is 67.6 Å². The lowest BCUT2D eigenvalue weighted by atomic mass is 9.86. The average molecular weight is 450 g/mol. The summed E-state index contributed by atoms with van der Waals surface area (Å²) in [5.74, 6) is -1.46. The van der Waals surface area contributed by atoms with E-state index in [9.17, 15) is 19.2 Å². The Kier molecular flexibility index (Phi) is 5.72. The Labute approximate surface area is 192 Å². The largest absolute Gasteiger partial charge is 0.379 e. The number of hydrogen-bond acceptors (Lipinski definition) is 6. The third kappa shape index (κ3) is 3.54. The number of amides is 4. The lowest BCUT2D eigenvalue weighted by Crippen LogP contribution is -2.44. The van der Waals surface area contributed by atoms with E-state index in [1.54, 1.807) is 24.3 Å². The molecule has 8 nitrogen and oxygen atoms in total. The van der Waals surface area contributed by atoms with Crippen LogP contribution < -0.4 is 0 Å². The Morgan fingerprint density at radius 3 is 1.52 bits per heavy atom. The van der Waals surface area contributed by atoms with Gasteiger partial charge in [0.1, 0.15) is 0 Å². The molecule has 2 aromatic rings. The summed E-state index contributed by atoms with van der Waals surface area (Å²) in [6, 6.07) is 6.50. The highest BCUT2D eigenvalue weighted by Gasteiger charge is 2.39. The molecule has 0 aromatic heterocycles. The molecule has 5 rings (SSSR count). The second-order valence-electron chi connectivity index (χ2n) is 8.76. The van der Waals surface area contributed by atoms with Gasteiger partial charge >= 0.3 is 0 Å². The maximum absolute atomic E-state index is 13.3. The third-order valence-electron chi connectivity index (χ3n) is 6.76. The second-order valence-corrected chi connectivity index (χ2v) is 8.76. The molecular formula is C25H27N3O5. The highest BCUT2D eigenvalue weighted by Crippen LogP contribution is 2.37. The maximum Gasteiger partial charge on any atom is 0.261 e. The maximum atomic E-state index is 13.3. The highest BCUT2D eigenvalue weighted by molar-refractivity contribution is 6.33. The van der Waals surface area contributed by atoms with Gasteiger partial charge in [-0.25, -0.2) is 0 Å². The Morgan fingerprint density at radius 1 is 0.667 bits per heavy atom. The molecule has 3 aliphatic rings. The number of hydrogen-bond donors (Lipinski definition) is 0. The van der Waals surface area contributed by atoms with Crippen LogP contribution in [0.15, 0.2) is 24.3 Å². The SMILES string of the molecule is CCCCN1C(=O)c2ccc3c4c(ccc(c24)C1=O)C(=O)N(CCCN1CCOCC1)C3=O. The molecule has 2 aromatic carbocycles. The molecule has 1 saturated heterocycles. The molecule has 3 heterocycles. The summed E-state index contributed by atoms with van der Waals surface area (Å²) in [4.78, 5) is 57.6. The van der Waals surface area contributed by atoms with Gasteiger partial charge in [0.05, 0.1) is 13.2 Å². The van der Waals surface area contributed by atoms with Crippen molar-refractivity contribution in [3.05, 3.63) is 46.5 Å². The van der Waals surface area contributed by atoms with Gasteiger partial charge in [-0.2, -0.15) is 0 Å². The normalized spacial score (nSPS) is 18.6. The van der Waals surface area contributed by atoms with Crippen molar-refractivity contribution in [2.75, 3.05) is 45.9 Å². The van der Waals surface area contributed by atoms with Gasteiger partial charge in [0.25, 0.3) is 23.6 Å². The van der Waals surface area contributed by atoms with Gasteiger partial charge in [-0.15, -0.1) is 0 Å². The van der Waals surface area contributed by atoms with Gasteiger partial charge in [-0.05, 0) is 37.1 Å². The zero-order valence-electron chi connectivity index (χ0n) is 18.8. The molecule has 33 heavy (non-hydrogen) atoms. The van der Waals surface area contributed by atoms with Crippen molar-refractivity contribution in [1.29, 1.82) is 0 Å². The molecule has 1 fully saturated rings. The van der Waals surface area contributed by atoms with Crippen molar-refractivity contribution in [1.82, 2.24) is 14.7 Å². The average Bonchev–Trinajstić information content (AvgIpc) is 2.84. The zero-order chi connectivity index (χ0) is 23.1. The minimum Gasteiger partial charge on any atom is -0.379 e. The lowest BCUT2D eigenvalue weighted by Gasteiger charge is -2.32. The molecular weight excluding hydrogens is 422 g/mol. The van der Waals surface area contributed by atoms with Crippen LogP contribution in [0.25, 0.3) is 10.8 Å². The number of carbonyl (C=O) groups excluding carboxylic acids is 4. The first-order valence-electron chi connectivity index (χ1n) is 11.6. The Hall–Kier alpha value is -3.10. The van der Waals surface area contributed by atoms with E-state index in [0.29, 0.717) is 65.8 Å². The highest BCUT2D eigenvalue weighted by atomic mass is 16.5. The number of unbranched alkanes of at least 4 members (excludes halogenated alkanes) is 1. The van der Waals surface area contributed by atoms with Crippen LogP contribution >= 0.6 is 0 Å². The summed E-state index contributed by atoms with van der Waals surface area (Å²) >= 11 is 0. The summed E-state index contributed by atoms with van der Waals surface area (Å²) in [6.45, 7) is 6.58. The zero-order valence-corrected chi connectivity index (χ0v) is 18.8. The predicted octanol–water partition coefficient (Wildman–Crippen LogP) is 2.55. The molecule has 0 spiro atoms. The van der Waals surface area contributed by atoms with E-state index >= 15 is 0 Å². The molecule has 3 aliphatic heterocycles. The minimum atomic E-state index is -0.369. The molecule has 0 atom stereocenters. The Morgan fingerprint density at radius 2 is 1.09 bits per heavy atom. The van der Waals surface area contributed by atoms with Crippen molar-refractivity contribution in [3.8, 4) is 0 Å². The van der Waals surface area contributed by atoms with E-state index in [-0.39, 0.29) is 23.6 Å². The van der Waals surface area contributed by atoms with Crippen molar-refractivity contribution in [2.45, 2.75) is 26.2 Å². The van der Waals surface area contributed by atoms with Crippen molar-refractivity contribution in [2.24, 2.45) is 0 Å². The fraction of sp³-hybridized carbons (Fsp3) is 0.440. The molecule has 0 saturated carbocycles. The van der Waals surface area contributed by atoms with E-state index in [1.807, 2.05) is 6.92 Å². The van der Waals surface area contributed by atoms with Crippen LogP contribution in [0, 0.1) is 0 Å². The molecule has 4 amide bonds. The van der Waals surface area contributed by atoms with Crippen LogP contribution in [-0.4, -0.2) is 84.3 Å². The summed E-state index contributed by atoms with van der Waals surface area (Å²) in [5, 5.41) is 0.865. The Balaban J connectivity index is 1.46. The molecule has 0 bridgehead atoms. The Bertz CT molecular complexity index is 1100. The van der Waals surface area contributed by atoms with E-state index in [4.69, 9.17) is 4.74 Å². The van der Waals surface area contributed by atoms with E-state index in [0.717, 1.165) is 32.5 Å². The number of ether oxygens (including phenoxy) is 1. The van der Waals surface area contributed by atoms with Gasteiger partial charge in [-0.3, -0.25) is 33.9 Å². The molecule has 0 unspecified atom stereocenters. The van der Waals surface area contributed by atoms with Crippen LogP contribution in [0.2, 0.25) is 0 Å². The summed E-state index contributed by atoms with van der Waals surface area (Å²) in [5.41, 5.74) is 1.50. The fourth-order valence-electron chi connectivity index (χ4n) is 4.97. The van der Waals surface area contributed by atoms with Crippen LogP contribution in [0.5, 0.6) is 0 Å². The first kappa shape index (κ1) is 21.7. The molecule has 8 heteroatoms. The van der Waals surface area contributed by atoms with Crippen molar-refractivity contribution >= 4 is 34.4 Å². The van der Waals surface area contributed by atoms with E-state index in [1.165, 1.54) is 9.80 Å². The second kappa shape index (κ2) is 8.68. The van der Waals surface area contributed by atoms with Crippen LogP contribution in [-0.2, 0) is 4.74 Å². The number of carbonyl (C=O) groups is 4. The topological polar surface area (TPSA) is 87.2 Å². The quantitative estimate of drug-likeness (QED) is 0.604. The van der Waals surface area contributed by atoms with Gasteiger partial charge < -0.3 is 4.74 Å². The van der Waals surface area contributed by atoms with E-state index < -0.39 is 0 Å². The molecule has 0 N–H and O–H groups in total. The summed E-state index contributed by atoms with van der Waals surface area (Å²) in [6.07, 6.45) is 2.26. The van der Waals surface area contributed by atoms with Gasteiger partial charge in [0.2, 0.25) is 0 Å². The van der Waals surface area contributed by atoms with Crippen molar-refractivity contribution in [3.63, 3.8) is 0 Å². The first-order chi connectivity index (χ1) is 16.0. The summed E-state index contributed by atoms with van der Waals surface area (Å²) in [7, 11) is 0. The van der Waals surface area contributed by atoms with Gasteiger partial charge in [0, 0.05) is 65.8 Å². The van der Waals surface area contributed by atoms with E-state index in [2.05, 4.69) is 4.90 Å².